The molecule has 3 N–H and O–H groups in total. The van der Waals surface area contributed by atoms with E-state index in [1.807, 2.05) is 44.2 Å². The number of rotatable bonds is 7. The average Bonchev–Trinajstić information content (AvgIpc) is 2.62. The number of carbonyl (C=O) groups excluding carboxylic acids is 2. The van der Waals surface area contributed by atoms with Crippen LogP contribution in [0, 0.1) is 19.8 Å². The van der Waals surface area contributed by atoms with E-state index in [2.05, 4.69) is 10.6 Å². The van der Waals surface area contributed by atoms with Crippen LogP contribution in [-0.4, -0.2) is 28.9 Å². The number of nitrogens with one attached hydrogen (secondary N) is 2. The lowest BCUT2D eigenvalue weighted by molar-refractivity contribution is -0.127. The van der Waals surface area contributed by atoms with E-state index in [0.29, 0.717) is 11.3 Å². The van der Waals surface area contributed by atoms with Crippen LogP contribution in [0.5, 0.6) is 0 Å². The Morgan fingerprint density at radius 1 is 1.00 bits per heavy atom. The van der Waals surface area contributed by atoms with Crippen molar-refractivity contribution in [2.24, 2.45) is 5.92 Å². The van der Waals surface area contributed by atoms with Crippen molar-refractivity contribution in [3.05, 3.63) is 64.7 Å². The van der Waals surface area contributed by atoms with Crippen molar-refractivity contribution >= 4 is 23.5 Å². The summed E-state index contributed by atoms with van der Waals surface area (Å²) >= 11 is 0. The van der Waals surface area contributed by atoms with Crippen LogP contribution in [0.1, 0.15) is 40.9 Å². The molecular formula is C22H26N2O4. The predicted molar refractivity (Wildman–Crippen MR) is 108 cm³/mol. The Bertz CT molecular complexity index is 876. The summed E-state index contributed by atoms with van der Waals surface area (Å²) in [4.78, 5) is 36.5. The summed E-state index contributed by atoms with van der Waals surface area (Å²) in [5.41, 5.74) is 2.81. The van der Waals surface area contributed by atoms with Gasteiger partial charge in [-0.1, -0.05) is 50.2 Å². The van der Waals surface area contributed by atoms with Gasteiger partial charge in [-0.05, 0) is 42.5 Å². The molecule has 0 aliphatic carbocycles. The highest BCUT2D eigenvalue weighted by Gasteiger charge is 2.25. The SMILES string of the molecule is Cc1cc(C)c(C(=O)O)cc1NC(=O)C(NC(=O)Cc1ccccc1)C(C)C. The van der Waals surface area contributed by atoms with Gasteiger partial charge in [-0.2, -0.15) is 0 Å². The Morgan fingerprint density at radius 2 is 1.64 bits per heavy atom. The van der Waals surface area contributed by atoms with Crippen LogP contribution in [0.25, 0.3) is 0 Å². The zero-order valence-corrected chi connectivity index (χ0v) is 16.6. The van der Waals surface area contributed by atoms with E-state index >= 15 is 0 Å². The van der Waals surface area contributed by atoms with Crippen molar-refractivity contribution in [2.75, 3.05) is 5.32 Å². The van der Waals surface area contributed by atoms with E-state index in [-0.39, 0.29) is 29.7 Å². The Balaban J connectivity index is 2.14. The van der Waals surface area contributed by atoms with E-state index in [4.69, 9.17) is 0 Å². The first kappa shape index (κ1) is 21.2. The second kappa shape index (κ2) is 9.17. The Hall–Kier alpha value is -3.15. The average molecular weight is 382 g/mol. The molecule has 2 aromatic carbocycles. The zero-order chi connectivity index (χ0) is 20.8. The number of carboxylic acid groups (broad SMARTS) is 1. The maximum Gasteiger partial charge on any atom is 0.336 e. The number of amides is 2. The first-order valence-corrected chi connectivity index (χ1v) is 9.17. The third kappa shape index (κ3) is 5.42. The lowest BCUT2D eigenvalue weighted by atomic mass is 10.0. The molecule has 0 heterocycles. The molecule has 0 aliphatic rings. The lowest BCUT2D eigenvalue weighted by Crippen LogP contribution is -2.47. The molecule has 0 radical (unpaired) electrons. The maximum atomic E-state index is 12.8. The standard InChI is InChI=1S/C22H26N2O4/c1-13(2)20(24-19(25)11-16-8-6-5-7-9-16)21(26)23-18-12-17(22(27)28)14(3)10-15(18)4/h5-10,12-13,20H,11H2,1-4H3,(H,23,26)(H,24,25)(H,27,28). The third-order valence-electron chi connectivity index (χ3n) is 4.53. The lowest BCUT2D eigenvalue weighted by Gasteiger charge is -2.22. The monoisotopic (exact) mass is 382 g/mol. The van der Waals surface area contributed by atoms with Crippen molar-refractivity contribution < 1.29 is 19.5 Å². The third-order valence-corrected chi connectivity index (χ3v) is 4.53. The second-order valence-electron chi connectivity index (χ2n) is 7.23. The minimum Gasteiger partial charge on any atom is -0.478 e. The maximum absolute atomic E-state index is 12.8. The fraction of sp³-hybridized carbons (Fsp3) is 0.318. The summed E-state index contributed by atoms with van der Waals surface area (Å²) in [7, 11) is 0. The van der Waals surface area contributed by atoms with Crippen molar-refractivity contribution in [3.8, 4) is 0 Å². The molecule has 0 aliphatic heterocycles. The Labute approximate surface area is 165 Å². The molecule has 0 fully saturated rings. The fourth-order valence-corrected chi connectivity index (χ4v) is 2.97. The minimum absolute atomic E-state index is 0.134. The predicted octanol–water partition coefficient (Wildman–Crippen LogP) is 3.32. The molecule has 2 amide bonds. The number of aryl methyl sites for hydroxylation is 2. The first-order chi connectivity index (χ1) is 13.2. The molecule has 28 heavy (non-hydrogen) atoms. The first-order valence-electron chi connectivity index (χ1n) is 9.17. The highest BCUT2D eigenvalue weighted by atomic mass is 16.4. The Kier molecular flexibility index (Phi) is 6.93. The molecule has 0 saturated heterocycles. The molecule has 0 aromatic heterocycles. The largest absolute Gasteiger partial charge is 0.478 e. The minimum atomic E-state index is -1.05. The van der Waals surface area contributed by atoms with Crippen LogP contribution in [0.3, 0.4) is 0 Å². The number of aromatic carboxylic acids is 1. The topological polar surface area (TPSA) is 95.5 Å². The summed E-state index contributed by atoms with van der Waals surface area (Å²) in [5, 5.41) is 14.9. The molecular weight excluding hydrogens is 356 g/mol. The van der Waals surface area contributed by atoms with Crippen LogP contribution in [0.2, 0.25) is 0 Å². The molecule has 0 saturated carbocycles. The van der Waals surface area contributed by atoms with E-state index in [9.17, 15) is 19.5 Å². The van der Waals surface area contributed by atoms with E-state index in [1.165, 1.54) is 6.07 Å². The number of carboxylic acids is 1. The summed E-state index contributed by atoms with van der Waals surface area (Å²) in [6.45, 7) is 7.20. The van der Waals surface area contributed by atoms with E-state index in [0.717, 1.165) is 11.1 Å². The molecule has 2 rings (SSSR count). The molecule has 6 heteroatoms. The van der Waals surface area contributed by atoms with E-state index < -0.39 is 12.0 Å². The van der Waals surface area contributed by atoms with Gasteiger partial charge in [0.1, 0.15) is 6.04 Å². The fourth-order valence-electron chi connectivity index (χ4n) is 2.97. The van der Waals surface area contributed by atoms with Gasteiger partial charge in [0.05, 0.1) is 12.0 Å². The molecule has 1 atom stereocenters. The van der Waals surface area contributed by atoms with Gasteiger partial charge in [0.2, 0.25) is 11.8 Å². The molecule has 1 unspecified atom stereocenters. The molecule has 0 spiro atoms. The summed E-state index contributed by atoms with van der Waals surface area (Å²) < 4.78 is 0. The highest BCUT2D eigenvalue weighted by Crippen LogP contribution is 2.21. The van der Waals surface area contributed by atoms with Gasteiger partial charge in [0.15, 0.2) is 0 Å². The van der Waals surface area contributed by atoms with Gasteiger partial charge in [-0.25, -0.2) is 4.79 Å². The number of carbonyl (C=O) groups is 3. The van der Waals surface area contributed by atoms with E-state index in [1.54, 1.807) is 19.9 Å². The Morgan fingerprint density at radius 3 is 2.21 bits per heavy atom. The van der Waals surface area contributed by atoms with Crippen LogP contribution in [0.15, 0.2) is 42.5 Å². The van der Waals surface area contributed by atoms with Gasteiger partial charge >= 0.3 is 5.97 Å². The molecule has 0 bridgehead atoms. The van der Waals surface area contributed by atoms with Gasteiger partial charge in [0.25, 0.3) is 0 Å². The smallest absolute Gasteiger partial charge is 0.336 e. The quantitative estimate of drug-likeness (QED) is 0.684. The van der Waals surface area contributed by atoms with Crippen molar-refractivity contribution in [1.29, 1.82) is 0 Å². The number of anilines is 1. The van der Waals surface area contributed by atoms with Crippen molar-refractivity contribution in [3.63, 3.8) is 0 Å². The van der Waals surface area contributed by atoms with Gasteiger partial charge in [-0.15, -0.1) is 0 Å². The summed E-state index contributed by atoms with van der Waals surface area (Å²) in [6, 6.07) is 11.7. The van der Waals surface area contributed by atoms with Crippen molar-refractivity contribution in [2.45, 2.75) is 40.2 Å². The summed E-state index contributed by atoms with van der Waals surface area (Å²) in [6.07, 6.45) is 0.185. The second-order valence-corrected chi connectivity index (χ2v) is 7.23. The van der Waals surface area contributed by atoms with Gasteiger partial charge in [-0.3, -0.25) is 9.59 Å². The molecule has 2 aromatic rings. The van der Waals surface area contributed by atoms with Crippen molar-refractivity contribution in [1.82, 2.24) is 5.32 Å². The number of hydrogen-bond acceptors (Lipinski definition) is 3. The van der Waals surface area contributed by atoms with Crippen LogP contribution in [-0.2, 0) is 16.0 Å². The normalized spacial score (nSPS) is 11.8. The van der Waals surface area contributed by atoms with Crippen LogP contribution < -0.4 is 10.6 Å². The van der Waals surface area contributed by atoms with Crippen LogP contribution >= 0.6 is 0 Å². The van der Waals surface area contributed by atoms with Crippen LogP contribution in [0.4, 0.5) is 5.69 Å². The summed E-state index contributed by atoms with van der Waals surface area (Å²) in [5.74, 6) is -1.80. The number of benzene rings is 2. The van der Waals surface area contributed by atoms with Gasteiger partial charge < -0.3 is 15.7 Å². The zero-order valence-electron chi connectivity index (χ0n) is 16.6. The molecule has 6 nitrogen and oxygen atoms in total. The molecule has 148 valence electrons. The van der Waals surface area contributed by atoms with Gasteiger partial charge in [0, 0.05) is 5.69 Å². The number of hydrogen-bond donors (Lipinski definition) is 3. The highest BCUT2D eigenvalue weighted by molar-refractivity contribution is 5.99.